The molecule has 1 aliphatic heterocycles. The molecule has 0 saturated carbocycles. The first-order chi connectivity index (χ1) is 15.3. The highest BCUT2D eigenvalue weighted by Crippen LogP contribution is 2.39. The molecule has 2 aromatic rings. The summed E-state index contributed by atoms with van der Waals surface area (Å²) in [4.78, 5) is 35.9. The van der Waals surface area contributed by atoms with E-state index in [2.05, 4.69) is 5.92 Å². The minimum Gasteiger partial charge on any atom is -0.490 e. The quantitative estimate of drug-likeness (QED) is 0.233. The number of carbonyl (C=O) groups is 2. The van der Waals surface area contributed by atoms with Gasteiger partial charge in [0.15, 0.2) is 11.5 Å². The number of hydrogen-bond donors (Lipinski definition) is 0. The van der Waals surface area contributed by atoms with E-state index in [4.69, 9.17) is 27.5 Å². The fourth-order valence-corrected chi connectivity index (χ4v) is 3.93. The van der Waals surface area contributed by atoms with Crippen LogP contribution in [-0.4, -0.2) is 34.1 Å². The second kappa shape index (κ2) is 10.2. The lowest BCUT2D eigenvalue weighted by atomic mass is 10.1. The minimum atomic E-state index is -0.478. The van der Waals surface area contributed by atoms with Crippen molar-refractivity contribution in [2.24, 2.45) is 0 Å². The highest BCUT2D eigenvalue weighted by Gasteiger charge is 2.34. The Hall–Kier alpha value is -3.48. The van der Waals surface area contributed by atoms with Gasteiger partial charge in [-0.2, -0.15) is 0 Å². The van der Waals surface area contributed by atoms with Gasteiger partial charge >= 0.3 is 0 Å². The van der Waals surface area contributed by atoms with Gasteiger partial charge in [-0.05, 0) is 60.2 Å². The molecular formula is C22H17ClN2O6S. The van der Waals surface area contributed by atoms with E-state index in [0.29, 0.717) is 29.2 Å². The van der Waals surface area contributed by atoms with Crippen LogP contribution in [0, 0.1) is 22.5 Å². The maximum atomic E-state index is 12.4. The Bertz CT molecular complexity index is 1140. The number of halogens is 1. The molecule has 0 aliphatic carbocycles. The summed E-state index contributed by atoms with van der Waals surface area (Å²) in [7, 11) is 0. The molecule has 0 spiro atoms. The zero-order chi connectivity index (χ0) is 23.3. The van der Waals surface area contributed by atoms with Crippen LogP contribution in [-0.2, 0) is 11.4 Å². The van der Waals surface area contributed by atoms with E-state index < -0.39 is 16.1 Å². The lowest BCUT2D eigenvalue weighted by Crippen LogP contribution is -2.28. The number of nitrogens with zero attached hydrogens (tertiary/aromatic N) is 2. The summed E-state index contributed by atoms with van der Waals surface area (Å²) in [5.41, 5.74) is 1.24. The molecule has 1 fully saturated rings. The van der Waals surface area contributed by atoms with Crippen molar-refractivity contribution >= 4 is 46.3 Å². The van der Waals surface area contributed by atoms with Crippen molar-refractivity contribution < 1.29 is 24.0 Å². The molecule has 3 rings (SSSR count). The van der Waals surface area contributed by atoms with Gasteiger partial charge in [0.1, 0.15) is 6.61 Å². The van der Waals surface area contributed by atoms with Gasteiger partial charge in [0.2, 0.25) is 0 Å². The number of carbonyl (C=O) groups excluding carboxylic acids is 2. The first-order valence-corrected chi connectivity index (χ1v) is 10.5. The predicted molar refractivity (Wildman–Crippen MR) is 122 cm³/mol. The SMILES string of the molecule is C#CCN1C(=O)S/C(=C\c2cc(Cl)c(OCc3ccc([N+](=O)[O-])cc3)c(OCC)c2)C1=O. The Balaban J connectivity index is 1.83. The highest BCUT2D eigenvalue weighted by atomic mass is 35.5. The Kier molecular flexibility index (Phi) is 7.41. The molecule has 1 heterocycles. The number of imide groups is 1. The zero-order valence-corrected chi connectivity index (χ0v) is 18.4. The van der Waals surface area contributed by atoms with Gasteiger partial charge in [-0.3, -0.25) is 24.6 Å². The smallest absolute Gasteiger partial charge is 0.294 e. The van der Waals surface area contributed by atoms with Gasteiger partial charge < -0.3 is 9.47 Å². The van der Waals surface area contributed by atoms with Crippen LogP contribution < -0.4 is 9.47 Å². The van der Waals surface area contributed by atoms with Crippen LogP contribution in [0.5, 0.6) is 11.5 Å². The fraction of sp³-hybridized carbons (Fsp3) is 0.182. The number of thioether (sulfide) groups is 1. The highest BCUT2D eigenvalue weighted by molar-refractivity contribution is 8.18. The Morgan fingerprint density at radius 2 is 1.97 bits per heavy atom. The number of benzene rings is 2. The molecule has 8 nitrogen and oxygen atoms in total. The molecule has 0 N–H and O–H groups in total. The maximum Gasteiger partial charge on any atom is 0.294 e. The van der Waals surface area contributed by atoms with E-state index in [1.807, 2.05) is 0 Å². The zero-order valence-electron chi connectivity index (χ0n) is 16.9. The number of amides is 2. The van der Waals surface area contributed by atoms with Crippen LogP contribution in [0.2, 0.25) is 5.02 Å². The van der Waals surface area contributed by atoms with Gasteiger partial charge in [-0.25, -0.2) is 0 Å². The van der Waals surface area contributed by atoms with Crippen molar-refractivity contribution in [3.05, 3.63) is 67.6 Å². The average Bonchev–Trinajstić information content (AvgIpc) is 3.01. The predicted octanol–water partition coefficient (Wildman–Crippen LogP) is 4.90. The number of rotatable bonds is 8. The first kappa shape index (κ1) is 23.2. The van der Waals surface area contributed by atoms with Crippen LogP contribution in [0.1, 0.15) is 18.1 Å². The van der Waals surface area contributed by atoms with E-state index in [1.165, 1.54) is 18.2 Å². The topological polar surface area (TPSA) is 99.0 Å². The van der Waals surface area contributed by atoms with Crippen LogP contribution >= 0.6 is 23.4 Å². The number of terminal acetylenes is 1. The normalized spacial score (nSPS) is 14.5. The second-order valence-corrected chi connectivity index (χ2v) is 7.85. The van der Waals surface area contributed by atoms with Crippen LogP contribution in [0.15, 0.2) is 41.3 Å². The molecular weight excluding hydrogens is 456 g/mol. The molecule has 2 amide bonds. The van der Waals surface area contributed by atoms with Crippen molar-refractivity contribution in [2.75, 3.05) is 13.2 Å². The van der Waals surface area contributed by atoms with E-state index >= 15 is 0 Å². The van der Waals surface area contributed by atoms with Gasteiger partial charge in [0.25, 0.3) is 16.8 Å². The first-order valence-electron chi connectivity index (χ1n) is 9.35. The van der Waals surface area contributed by atoms with Gasteiger partial charge in [0.05, 0.1) is 28.0 Å². The van der Waals surface area contributed by atoms with Gasteiger partial charge in [0, 0.05) is 12.1 Å². The van der Waals surface area contributed by atoms with E-state index in [-0.39, 0.29) is 28.8 Å². The molecule has 2 aromatic carbocycles. The third-order valence-corrected chi connectivity index (χ3v) is 5.47. The van der Waals surface area contributed by atoms with E-state index in [1.54, 1.807) is 31.2 Å². The molecule has 0 atom stereocenters. The molecule has 1 aliphatic rings. The summed E-state index contributed by atoms with van der Waals surface area (Å²) in [6.07, 6.45) is 6.75. The molecule has 0 unspecified atom stereocenters. The van der Waals surface area contributed by atoms with Crippen molar-refractivity contribution in [3.8, 4) is 23.8 Å². The van der Waals surface area contributed by atoms with Crippen LogP contribution in [0.4, 0.5) is 10.5 Å². The lowest BCUT2D eigenvalue weighted by Gasteiger charge is -2.15. The number of nitro groups is 1. The third-order valence-electron chi connectivity index (χ3n) is 4.28. The summed E-state index contributed by atoms with van der Waals surface area (Å²) >= 11 is 7.21. The number of non-ortho nitro benzene ring substituents is 1. The minimum absolute atomic E-state index is 0.0159. The van der Waals surface area contributed by atoms with Gasteiger partial charge in [-0.1, -0.05) is 17.5 Å². The van der Waals surface area contributed by atoms with Crippen LogP contribution in [0.25, 0.3) is 6.08 Å². The summed E-state index contributed by atoms with van der Waals surface area (Å²) in [6.45, 7) is 2.16. The molecule has 0 bridgehead atoms. The van der Waals surface area contributed by atoms with Crippen molar-refractivity contribution in [1.82, 2.24) is 4.90 Å². The number of ether oxygens (including phenoxy) is 2. The summed E-state index contributed by atoms with van der Waals surface area (Å²) in [6, 6.07) is 9.19. The summed E-state index contributed by atoms with van der Waals surface area (Å²) < 4.78 is 11.5. The number of nitro benzene ring substituents is 1. The standard InChI is InChI=1S/C22H17ClN2O6S/c1-3-9-24-21(26)19(32-22(24)27)12-15-10-17(23)20(18(11-15)30-4-2)31-13-14-5-7-16(8-6-14)25(28)29/h1,5-8,10-12H,4,9,13H2,2H3/b19-12-. The van der Waals surface area contributed by atoms with Crippen molar-refractivity contribution in [2.45, 2.75) is 13.5 Å². The number of hydrogen-bond acceptors (Lipinski definition) is 7. The Morgan fingerprint density at radius 1 is 1.25 bits per heavy atom. The third kappa shape index (κ3) is 5.22. The summed E-state index contributed by atoms with van der Waals surface area (Å²) in [5, 5.41) is 10.6. The largest absolute Gasteiger partial charge is 0.490 e. The van der Waals surface area contributed by atoms with E-state index in [9.17, 15) is 19.7 Å². The monoisotopic (exact) mass is 472 g/mol. The molecule has 10 heteroatoms. The maximum absolute atomic E-state index is 12.4. The lowest BCUT2D eigenvalue weighted by molar-refractivity contribution is -0.384. The van der Waals surface area contributed by atoms with Crippen molar-refractivity contribution in [1.29, 1.82) is 0 Å². The summed E-state index contributed by atoms with van der Waals surface area (Å²) in [5.74, 6) is 2.47. The molecule has 0 aromatic heterocycles. The Labute approximate surface area is 193 Å². The molecule has 164 valence electrons. The van der Waals surface area contributed by atoms with E-state index in [0.717, 1.165) is 16.7 Å². The van der Waals surface area contributed by atoms with Crippen LogP contribution in [0.3, 0.4) is 0 Å². The average molecular weight is 473 g/mol. The molecule has 0 radical (unpaired) electrons. The molecule has 1 saturated heterocycles. The molecule has 32 heavy (non-hydrogen) atoms. The second-order valence-electron chi connectivity index (χ2n) is 6.45. The van der Waals surface area contributed by atoms with Crippen molar-refractivity contribution in [3.63, 3.8) is 0 Å². The fourth-order valence-electron chi connectivity index (χ4n) is 2.82. The van der Waals surface area contributed by atoms with Gasteiger partial charge in [-0.15, -0.1) is 6.42 Å². The Morgan fingerprint density at radius 3 is 2.59 bits per heavy atom.